The Bertz CT molecular complexity index is 611. The summed E-state index contributed by atoms with van der Waals surface area (Å²) in [6.07, 6.45) is 0.373. The fourth-order valence-electron chi connectivity index (χ4n) is 2.09. The first-order chi connectivity index (χ1) is 10.2. The van der Waals surface area contributed by atoms with Gasteiger partial charge >= 0.3 is 0 Å². The number of methoxy groups -OCH3 is 1. The van der Waals surface area contributed by atoms with E-state index in [-0.39, 0.29) is 5.91 Å². The van der Waals surface area contributed by atoms with Crippen LogP contribution in [0.2, 0.25) is 0 Å². The van der Waals surface area contributed by atoms with E-state index in [2.05, 4.69) is 10.6 Å². The number of anilines is 1. The molecule has 21 heavy (non-hydrogen) atoms. The van der Waals surface area contributed by atoms with Crippen molar-refractivity contribution in [2.45, 2.75) is 13.0 Å². The van der Waals surface area contributed by atoms with Crippen LogP contribution in [0, 0.1) is 0 Å². The van der Waals surface area contributed by atoms with Crippen LogP contribution < -0.4 is 15.4 Å². The smallest absolute Gasteiger partial charge is 0.224 e. The van der Waals surface area contributed by atoms with Gasteiger partial charge in [0.1, 0.15) is 5.75 Å². The number of hydrogen-bond acceptors (Lipinski definition) is 3. The van der Waals surface area contributed by atoms with Gasteiger partial charge in [0.2, 0.25) is 5.91 Å². The molecule has 2 rings (SSSR count). The minimum Gasteiger partial charge on any atom is -0.497 e. The van der Waals surface area contributed by atoms with Crippen molar-refractivity contribution in [3.8, 4) is 5.75 Å². The topological polar surface area (TPSA) is 50.4 Å². The highest BCUT2D eigenvalue weighted by molar-refractivity contribution is 5.80. The molecule has 110 valence electrons. The number of ether oxygens (including phenoxy) is 1. The number of rotatable bonds is 6. The van der Waals surface area contributed by atoms with Gasteiger partial charge in [0.05, 0.1) is 13.5 Å². The maximum Gasteiger partial charge on any atom is 0.224 e. The number of para-hydroxylation sites is 1. The Hall–Kier alpha value is -2.49. The van der Waals surface area contributed by atoms with E-state index in [0.29, 0.717) is 13.0 Å². The van der Waals surface area contributed by atoms with Crippen LogP contribution >= 0.6 is 0 Å². The van der Waals surface area contributed by atoms with Crippen molar-refractivity contribution in [2.24, 2.45) is 0 Å². The van der Waals surface area contributed by atoms with Crippen LogP contribution in [0.1, 0.15) is 11.1 Å². The lowest BCUT2D eigenvalue weighted by molar-refractivity contribution is -0.119. The molecule has 2 aromatic carbocycles. The normalized spacial score (nSPS) is 10.0. The van der Waals surface area contributed by atoms with Crippen molar-refractivity contribution >= 4 is 11.6 Å². The van der Waals surface area contributed by atoms with E-state index in [9.17, 15) is 4.79 Å². The molecule has 0 spiro atoms. The van der Waals surface area contributed by atoms with Crippen LogP contribution in [0.15, 0.2) is 48.5 Å². The molecule has 0 bridgehead atoms. The molecule has 0 aromatic heterocycles. The van der Waals surface area contributed by atoms with Crippen molar-refractivity contribution in [2.75, 3.05) is 19.5 Å². The van der Waals surface area contributed by atoms with Crippen LogP contribution in [-0.2, 0) is 17.8 Å². The number of carbonyl (C=O) groups is 1. The average molecular weight is 284 g/mol. The molecule has 0 aliphatic heterocycles. The number of hydrogen-bond donors (Lipinski definition) is 2. The molecule has 4 nitrogen and oxygen atoms in total. The summed E-state index contributed by atoms with van der Waals surface area (Å²) in [7, 11) is 3.31. The van der Waals surface area contributed by atoms with Crippen LogP contribution in [0.5, 0.6) is 5.75 Å². The standard InChI is InChI=1S/C17H20N2O2/c1-18-17(20)11-14-7-3-4-9-16(14)19-12-13-6-5-8-15(10-13)21-2/h3-10,19H,11-12H2,1-2H3,(H,18,20). The van der Waals surface area contributed by atoms with Gasteiger partial charge in [0.15, 0.2) is 0 Å². The van der Waals surface area contributed by atoms with E-state index >= 15 is 0 Å². The molecule has 0 radical (unpaired) electrons. The van der Waals surface area contributed by atoms with Crippen molar-refractivity contribution < 1.29 is 9.53 Å². The molecule has 0 atom stereocenters. The lowest BCUT2D eigenvalue weighted by Crippen LogP contribution is -2.20. The highest BCUT2D eigenvalue weighted by Crippen LogP contribution is 2.18. The fraction of sp³-hybridized carbons (Fsp3) is 0.235. The predicted octanol–water partition coefficient (Wildman–Crippen LogP) is 2.60. The molecule has 0 saturated heterocycles. The summed E-state index contributed by atoms with van der Waals surface area (Å²) in [4.78, 5) is 11.5. The molecule has 0 aliphatic rings. The maximum absolute atomic E-state index is 11.5. The SMILES string of the molecule is CNC(=O)Cc1ccccc1NCc1cccc(OC)c1. The number of carbonyl (C=O) groups excluding carboxylic acids is 1. The Morgan fingerprint density at radius 3 is 2.71 bits per heavy atom. The molecular weight excluding hydrogens is 264 g/mol. The molecule has 0 aliphatic carbocycles. The van der Waals surface area contributed by atoms with Crippen molar-refractivity contribution in [1.82, 2.24) is 5.32 Å². The van der Waals surface area contributed by atoms with E-state index in [4.69, 9.17) is 4.74 Å². The molecule has 4 heteroatoms. The van der Waals surface area contributed by atoms with E-state index in [1.807, 2.05) is 48.5 Å². The minimum atomic E-state index is 0.00521. The zero-order chi connectivity index (χ0) is 15.1. The zero-order valence-electron chi connectivity index (χ0n) is 12.3. The van der Waals surface area contributed by atoms with Gasteiger partial charge in [-0.1, -0.05) is 30.3 Å². The molecular formula is C17H20N2O2. The van der Waals surface area contributed by atoms with Crippen LogP contribution in [0.3, 0.4) is 0 Å². The third kappa shape index (κ3) is 4.24. The predicted molar refractivity (Wildman–Crippen MR) is 84.5 cm³/mol. The fourth-order valence-corrected chi connectivity index (χ4v) is 2.09. The summed E-state index contributed by atoms with van der Waals surface area (Å²) in [5.41, 5.74) is 3.09. The highest BCUT2D eigenvalue weighted by atomic mass is 16.5. The van der Waals surface area contributed by atoms with Gasteiger partial charge < -0.3 is 15.4 Å². The molecule has 0 fully saturated rings. The Morgan fingerprint density at radius 2 is 1.95 bits per heavy atom. The quantitative estimate of drug-likeness (QED) is 0.857. The van der Waals surface area contributed by atoms with Crippen molar-refractivity contribution in [3.05, 3.63) is 59.7 Å². The summed E-state index contributed by atoms with van der Waals surface area (Å²) in [6.45, 7) is 0.682. The Balaban J connectivity index is 2.07. The Morgan fingerprint density at radius 1 is 1.14 bits per heavy atom. The summed E-state index contributed by atoms with van der Waals surface area (Å²) >= 11 is 0. The number of likely N-dealkylation sites (N-methyl/N-ethyl adjacent to an activating group) is 1. The first-order valence-electron chi connectivity index (χ1n) is 6.88. The lowest BCUT2D eigenvalue weighted by Gasteiger charge is -2.12. The summed E-state index contributed by atoms with van der Waals surface area (Å²) in [6, 6.07) is 15.8. The van der Waals surface area contributed by atoms with E-state index in [1.165, 1.54) is 0 Å². The van der Waals surface area contributed by atoms with Gasteiger partial charge in [-0.05, 0) is 29.3 Å². The van der Waals surface area contributed by atoms with Crippen molar-refractivity contribution in [1.29, 1.82) is 0 Å². The molecule has 2 aromatic rings. The van der Waals surface area contributed by atoms with Crippen LogP contribution in [-0.4, -0.2) is 20.1 Å². The zero-order valence-corrected chi connectivity index (χ0v) is 12.3. The third-order valence-corrected chi connectivity index (χ3v) is 3.26. The molecule has 0 saturated carbocycles. The second-order valence-corrected chi connectivity index (χ2v) is 4.71. The Kier molecular flexibility index (Phi) is 5.21. The van der Waals surface area contributed by atoms with Gasteiger partial charge in [-0.3, -0.25) is 4.79 Å². The molecule has 1 amide bonds. The number of amides is 1. The number of benzene rings is 2. The average Bonchev–Trinajstić information content (AvgIpc) is 2.54. The monoisotopic (exact) mass is 284 g/mol. The van der Waals surface area contributed by atoms with Gasteiger partial charge in [0, 0.05) is 19.3 Å². The number of nitrogens with one attached hydrogen (secondary N) is 2. The lowest BCUT2D eigenvalue weighted by atomic mass is 10.1. The van der Waals surface area contributed by atoms with Crippen LogP contribution in [0.4, 0.5) is 5.69 Å². The van der Waals surface area contributed by atoms with E-state index in [1.54, 1.807) is 14.2 Å². The van der Waals surface area contributed by atoms with Gasteiger partial charge in [0.25, 0.3) is 0 Å². The molecule has 0 heterocycles. The second kappa shape index (κ2) is 7.33. The van der Waals surface area contributed by atoms with E-state index < -0.39 is 0 Å². The first-order valence-corrected chi connectivity index (χ1v) is 6.88. The largest absolute Gasteiger partial charge is 0.497 e. The Labute approximate surface area is 125 Å². The summed E-state index contributed by atoms with van der Waals surface area (Å²) < 4.78 is 5.22. The second-order valence-electron chi connectivity index (χ2n) is 4.71. The van der Waals surface area contributed by atoms with E-state index in [0.717, 1.165) is 22.6 Å². The van der Waals surface area contributed by atoms with Crippen LogP contribution in [0.25, 0.3) is 0 Å². The molecule has 0 unspecified atom stereocenters. The maximum atomic E-state index is 11.5. The minimum absolute atomic E-state index is 0.00521. The summed E-state index contributed by atoms with van der Waals surface area (Å²) in [5, 5.41) is 6.02. The molecule has 2 N–H and O–H groups in total. The third-order valence-electron chi connectivity index (χ3n) is 3.26. The van der Waals surface area contributed by atoms with Gasteiger partial charge in [-0.15, -0.1) is 0 Å². The highest BCUT2D eigenvalue weighted by Gasteiger charge is 2.06. The van der Waals surface area contributed by atoms with Gasteiger partial charge in [-0.25, -0.2) is 0 Å². The summed E-state index contributed by atoms with van der Waals surface area (Å²) in [5.74, 6) is 0.846. The van der Waals surface area contributed by atoms with Gasteiger partial charge in [-0.2, -0.15) is 0 Å². The first kappa shape index (κ1) is 14.9. The van der Waals surface area contributed by atoms with Crippen molar-refractivity contribution in [3.63, 3.8) is 0 Å².